The minimum absolute atomic E-state index is 0.376. The fourth-order valence-electron chi connectivity index (χ4n) is 2.65. The van der Waals surface area contributed by atoms with Crippen LogP contribution < -0.4 is 10.5 Å². The van der Waals surface area contributed by atoms with Crippen molar-refractivity contribution in [3.8, 4) is 0 Å². The molecule has 1 heterocycles. The normalized spacial score (nSPS) is 24.6. The summed E-state index contributed by atoms with van der Waals surface area (Å²) in [5, 5.41) is 0. The second-order valence-corrected chi connectivity index (χ2v) is 7.04. The molecule has 0 bridgehead atoms. The molecule has 2 unspecified atom stereocenters. The van der Waals surface area contributed by atoms with Gasteiger partial charge in [-0.3, -0.25) is 9.62 Å². The van der Waals surface area contributed by atoms with Crippen molar-refractivity contribution in [1.82, 2.24) is 4.90 Å². The lowest BCUT2D eigenvalue weighted by molar-refractivity contribution is 0.313. The number of likely N-dealkylation sites (tertiary alicyclic amines) is 1. The average molecular weight is 283 g/mol. The Labute approximate surface area is 114 Å². The average Bonchev–Trinajstić information content (AvgIpc) is 2.70. The van der Waals surface area contributed by atoms with Crippen LogP contribution in [0.2, 0.25) is 0 Å². The number of sulfonamides is 1. The van der Waals surface area contributed by atoms with E-state index in [1.807, 2.05) is 12.1 Å². The summed E-state index contributed by atoms with van der Waals surface area (Å²) in [6.45, 7) is 1.74. The molecule has 1 saturated heterocycles. The van der Waals surface area contributed by atoms with Gasteiger partial charge in [0.25, 0.3) is 0 Å². The van der Waals surface area contributed by atoms with Crippen LogP contribution in [0.25, 0.3) is 0 Å². The molecular formula is C13H21N3O2S. The highest BCUT2D eigenvalue weighted by Crippen LogP contribution is 2.33. The summed E-state index contributed by atoms with van der Waals surface area (Å²) in [4.78, 5) is 2.30. The fraction of sp³-hybridized carbons (Fsp3) is 0.538. The molecule has 0 saturated carbocycles. The van der Waals surface area contributed by atoms with E-state index in [4.69, 9.17) is 5.73 Å². The fourth-order valence-corrected chi connectivity index (χ4v) is 3.22. The summed E-state index contributed by atoms with van der Waals surface area (Å²) in [7, 11) is -1.11. The molecule has 0 aromatic heterocycles. The molecule has 0 aliphatic carbocycles. The van der Waals surface area contributed by atoms with Crippen molar-refractivity contribution in [2.24, 2.45) is 11.7 Å². The van der Waals surface area contributed by atoms with Gasteiger partial charge in [-0.2, -0.15) is 0 Å². The first kappa shape index (κ1) is 14.3. The number of nitrogens with one attached hydrogen (secondary N) is 1. The van der Waals surface area contributed by atoms with Crippen molar-refractivity contribution >= 4 is 15.7 Å². The Morgan fingerprint density at radius 1 is 1.37 bits per heavy atom. The molecule has 1 aliphatic heterocycles. The van der Waals surface area contributed by atoms with E-state index in [0.717, 1.165) is 19.2 Å². The predicted octanol–water partition coefficient (Wildman–Crippen LogP) is 1.01. The zero-order chi connectivity index (χ0) is 14.0. The SMILES string of the molecule is CN1CC(CN)CC1c1ccc(NS(C)(=O)=O)cc1. The third kappa shape index (κ3) is 3.68. The summed E-state index contributed by atoms with van der Waals surface area (Å²) in [5.74, 6) is 0.545. The number of rotatable bonds is 4. The zero-order valence-electron chi connectivity index (χ0n) is 11.3. The Morgan fingerprint density at radius 3 is 2.47 bits per heavy atom. The van der Waals surface area contributed by atoms with Crippen molar-refractivity contribution in [3.63, 3.8) is 0 Å². The van der Waals surface area contributed by atoms with E-state index in [1.54, 1.807) is 12.1 Å². The molecule has 2 rings (SSSR count). The standard InChI is InChI=1S/C13H21N3O2S/c1-16-9-10(8-14)7-13(16)11-3-5-12(6-4-11)15-19(2,17)18/h3-6,10,13,15H,7-9,14H2,1-2H3. The van der Waals surface area contributed by atoms with Crippen molar-refractivity contribution in [1.29, 1.82) is 0 Å². The molecule has 1 aliphatic rings. The van der Waals surface area contributed by atoms with Gasteiger partial charge in [-0.05, 0) is 43.6 Å². The maximum Gasteiger partial charge on any atom is 0.229 e. The molecule has 1 aromatic rings. The van der Waals surface area contributed by atoms with Crippen molar-refractivity contribution in [3.05, 3.63) is 29.8 Å². The number of hydrogen-bond acceptors (Lipinski definition) is 4. The second kappa shape index (κ2) is 5.48. The molecule has 106 valence electrons. The molecule has 0 amide bonds. The molecule has 0 radical (unpaired) electrons. The van der Waals surface area contributed by atoms with Crippen molar-refractivity contribution in [2.75, 3.05) is 31.1 Å². The molecule has 19 heavy (non-hydrogen) atoms. The number of hydrogen-bond donors (Lipinski definition) is 2. The Bertz CT molecular complexity index is 527. The van der Waals surface area contributed by atoms with Crippen LogP contribution in [0.15, 0.2) is 24.3 Å². The van der Waals surface area contributed by atoms with Gasteiger partial charge >= 0.3 is 0 Å². The maximum atomic E-state index is 11.1. The van der Waals surface area contributed by atoms with Crippen molar-refractivity contribution < 1.29 is 8.42 Å². The van der Waals surface area contributed by atoms with E-state index in [1.165, 1.54) is 5.56 Å². The quantitative estimate of drug-likeness (QED) is 0.865. The van der Waals surface area contributed by atoms with E-state index in [-0.39, 0.29) is 0 Å². The van der Waals surface area contributed by atoms with Crippen molar-refractivity contribution in [2.45, 2.75) is 12.5 Å². The van der Waals surface area contributed by atoms with Crippen LogP contribution in [0.5, 0.6) is 0 Å². The monoisotopic (exact) mass is 283 g/mol. The van der Waals surface area contributed by atoms with Gasteiger partial charge in [-0.1, -0.05) is 12.1 Å². The molecule has 1 aromatic carbocycles. The molecule has 0 spiro atoms. The summed E-state index contributed by atoms with van der Waals surface area (Å²) in [6, 6.07) is 7.95. The Morgan fingerprint density at radius 2 is 2.00 bits per heavy atom. The number of benzene rings is 1. The summed E-state index contributed by atoms with van der Waals surface area (Å²) < 4.78 is 24.8. The van der Waals surface area contributed by atoms with Crippen LogP contribution >= 0.6 is 0 Å². The summed E-state index contributed by atoms with van der Waals surface area (Å²) >= 11 is 0. The largest absolute Gasteiger partial charge is 0.330 e. The third-order valence-corrected chi connectivity index (χ3v) is 4.17. The van der Waals surface area contributed by atoms with Gasteiger partial charge in [-0.25, -0.2) is 8.42 Å². The van der Waals surface area contributed by atoms with Gasteiger partial charge in [-0.15, -0.1) is 0 Å². The van der Waals surface area contributed by atoms with E-state index in [0.29, 0.717) is 24.2 Å². The van der Waals surface area contributed by atoms with E-state index in [9.17, 15) is 8.42 Å². The number of anilines is 1. The van der Waals surface area contributed by atoms with E-state index in [2.05, 4.69) is 16.7 Å². The second-order valence-electron chi connectivity index (χ2n) is 5.29. The van der Waals surface area contributed by atoms with Crippen LogP contribution in [0.1, 0.15) is 18.0 Å². The van der Waals surface area contributed by atoms with Crippen LogP contribution in [0.4, 0.5) is 5.69 Å². The minimum Gasteiger partial charge on any atom is -0.330 e. The molecule has 3 N–H and O–H groups in total. The van der Waals surface area contributed by atoms with Crippen LogP contribution in [-0.2, 0) is 10.0 Å². The predicted molar refractivity (Wildman–Crippen MR) is 77.4 cm³/mol. The molecule has 5 nitrogen and oxygen atoms in total. The lowest BCUT2D eigenvalue weighted by atomic mass is 10.00. The zero-order valence-corrected chi connectivity index (χ0v) is 12.2. The highest BCUT2D eigenvalue weighted by molar-refractivity contribution is 7.92. The van der Waals surface area contributed by atoms with Gasteiger partial charge in [0.1, 0.15) is 0 Å². The van der Waals surface area contributed by atoms with Crippen LogP contribution in [-0.4, -0.2) is 39.7 Å². The third-order valence-electron chi connectivity index (χ3n) is 3.57. The van der Waals surface area contributed by atoms with Gasteiger partial charge in [0.2, 0.25) is 10.0 Å². The van der Waals surface area contributed by atoms with Gasteiger partial charge < -0.3 is 5.73 Å². The summed E-state index contributed by atoms with van der Waals surface area (Å²) in [6.07, 6.45) is 2.21. The number of nitrogens with zero attached hydrogens (tertiary/aromatic N) is 1. The lowest BCUT2D eigenvalue weighted by Gasteiger charge is -2.19. The van der Waals surface area contributed by atoms with E-state index < -0.39 is 10.0 Å². The minimum atomic E-state index is -3.21. The molecule has 2 atom stereocenters. The van der Waals surface area contributed by atoms with Gasteiger partial charge in [0.15, 0.2) is 0 Å². The summed E-state index contributed by atoms with van der Waals surface area (Å²) in [5.41, 5.74) is 7.53. The lowest BCUT2D eigenvalue weighted by Crippen LogP contribution is -2.20. The maximum absolute atomic E-state index is 11.1. The van der Waals surface area contributed by atoms with Gasteiger partial charge in [0, 0.05) is 18.3 Å². The smallest absolute Gasteiger partial charge is 0.229 e. The van der Waals surface area contributed by atoms with Crippen LogP contribution in [0, 0.1) is 5.92 Å². The Hall–Kier alpha value is -1.11. The first-order valence-electron chi connectivity index (χ1n) is 6.37. The molecule has 1 fully saturated rings. The molecule has 6 heteroatoms. The number of nitrogens with two attached hydrogens (primary N) is 1. The first-order valence-corrected chi connectivity index (χ1v) is 8.26. The van der Waals surface area contributed by atoms with Gasteiger partial charge in [0.05, 0.1) is 6.26 Å². The highest BCUT2D eigenvalue weighted by atomic mass is 32.2. The Balaban J connectivity index is 2.10. The first-order chi connectivity index (χ1) is 8.89. The Kier molecular flexibility index (Phi) is 4.13. The van der Waals surface area contributed by atoms with Crippen LogP contribution in [0.3, 0.4) is 0 Å². The highest BCUT2D eigenvalue weighted by Gasteiger charge is 2.29. The van der Waals surface area contributed by atoms with E-state index >= 15 is 0 Å². The topological polar surface area (TPSA) is 75.4 Å². The molecular weight excluding hydrogens is 262 g/mol.